The fourth-order valence-corrected chi connectivity index (χ4v) is 1.94. The lowest BCUT2D eigenvalue weighted by atomic mass is 10.0. The molecule has 1 aliphatic heterocycles. The minimum atomic E-state index is 0.830. The normalized spacial score (nSPS) is 35.1. The summed E-state index contributed by atoms with van der Waals surface area (Å²) in [6.07, 6.45) is 4.20. The first-order chi connectivity index (χ1) is 4.74. The highest BCUT2D eigenvalue weighted by Gasteiger charge is 2.24. The number of nitrogens with zero attached hydrogens (tertiary/aromatic N) is 1. The summed E-state index contributed by atoms with van der Waals surface area (Å²) < 4.78 is 0. The molecule has 1 aliphatic rings. The fraction of sp³-hybridized carbons (Fsp3) is 1.00. The summed E-state index contributed by atoms with van der Waals surface area (Å²) >= 11 is 0. The molecule has 1 nitrogen and oxygen atoms in total. The summed E-state index contributed by atoms with van der Waals surface area (Å²) in [4.78, 5) is 2.47. The second-order valence-electron chi connectivity index (χ2n) is 3.68. The van der Waals surface area contributed by atoms with Crippen molar-refractivity contribution in [1.29, 1.82) is 0 Å². The number of likely N-dealkylation sites (tertiary alicyclic amines) is 1. The van der Waals surface area contributed by atoms with E-state index >= 15 is 0 Å². The van der Waals surface area contributed by atoms with Crippen LogP contribution >= 0.6 is 0 Å². The average Bonchev–Trinajstić information content (AvgIpc) is 2.14. The van der Waals surface area contributed by atoms with Crippen LogP contribution in [0.4, 0.5) is 0 Å². The maximum atomic E-state index is 2.47. The van der Waals surface area contributed by atoms with E-state index in [0.717, 1.165) is 12.0 Å². The van der Waals surface area contributed by atoms with Crippen molar-refractivity contribution in [3.63, 3.8) is 0 Å². The van der Waals surface area contributed by atoms with Crippen LogP contribution in [0.15, 0.2) is 0 Å². The van der Waals surface area contributed by atoms with Crippen LogP contribution in [-0.4, -0.2) is 24.5 Å². The molecule has 0 amide bonds. The zero-order valence-electron chi connectivity index (χ0n) is 7.43. The van der Waals surface area contributed by atoms with Crippen LogP contribution < -0.4 is 0 Å². The Morgan fingerprint density at radius 1 is 1.50 bits per heavy atom. The number of hydrogen-bond donors (Lipinski definition) is 0. The molecule has 0 bridgehead atoms. The van der Waals surface area contributed by atoms with E-state index in [0.29, 0.717) is 0 Å². The maximum absolute atomic E-state index is 2.47. The number of hydrogen-bond acceptors (Lipinski definition) is 1. The van der Waals surface area contributed by atoms with Crippen LogP contribution in [0.2, 0.25) is 0 Å². The van der Waals surface area contributed by atoms with E-state index in [4.69, 9.17) is 0 Å². The molecule has 0 radical (unpaired) electrons. The van der Waals surface area contributed by atoms with Crippen molar-refractivity contribution >= 4 is 0 Å². The Kier molecular flexibility index (Phi) is 2.72. The Morgan fingerprint density at radius 3 is 2.60 bits per heavy atom. The molecule has 1 rings (SSSR count). The summed E-state index contributed by atoms with van der Waals surface area (Å²) in [6.45, 7) is 5.94. The van der Waals surface area contributed by atoms with E-state index < -0.39 is 0 Å². The van der Waals surface area contributed by atoms with Gasteiger partial charge in [0.05, 0.1) is 0 Å². The first-order valence-corrected chi connectivity index (χ1v) is 4.44. The molecule has 1 fully saturated rings. The third kappa shape index (κ3) is 1.72. The predicted molar refractivity (Wildman–Crippen MR) is 45.1 cm³/mol. The topological polar surface area (TPSA) is 3.24 Å². The number of rotatable bonds is 2. The van der Waals surface area contributed by atoms with Gasteiger partial charge in [0.15, 0.2) is 0 Å². The first kappa shape index (κ1) is 8.06. The molecule has 10 heavy (non-hydrogen) atoms. The highest BCUT2D eigenvalue weighted by atomic mass is 15.1. The Bertz CT molecular complexity index is 90.9. The molecule has 2 atom stereocenters. The monoisotopic (exact) mass is 141 g/mol. The van der Waals surface area contributed by atoms with Gasteiger partial charge < -0.3 is 4.90 Å². The zero-order chi connectivity index (χ0) is 7.56. The minimum absolute atomic E-state index is 0.830. The van der Waals surface area contributed by atoms with Crippen molar-refractivity contribution in [3.8, 4) is 0 Å². The largest absolute Gasteiger partial charge is 0.303 e. The molecule has 0 aromatic heterocycles. The van der Waals surface area contributed by atoms with Crippen molar-refractivity contribution in [2.24, 2.45) is 5.92 Å². The van der Waals surface area contributed by atoms with E-state index in [1.807, 2.05) is 0 Å². The lowest BCUT2D eigenvalue weighted by Crippen LogP contribution is -2.21. The van der Waals surface area contributed by atoms with E-state index in [2.05, 4.69) is 25.8 Å². The molecule has 0 N–H and O–H groups in total. The lowest BCUT2D eigenvalue weighted by Gasteiger charge is -2.12. The highest BCUT2D eigenvalue weighted by Crippen LogP contribution is 2.24. The van der Waals surface area contributed by atoms with Gasteiger partial charge in [-0.15, -0.1) is 0 Å². The van der Waals surface area contributed by atoms with Gasteiger partial charge in [-0.25, -0.2) is 0 Å². The van der Waals surface area contributed by atoms with E-state index in [1.165, 1.54) is 25.8 Å². The molecule has 0 aliphatic carbocycles. The van der Waals surface area contributed by atoms with Crippen LogP contribution in [0.3, 0.4) is 0 Å². The standard InChI is InChI=1S/C9H19N/c1-4-5-9-6-8(2)10(3)7-9/h8-9H,4-7H2,1-3H3/t8-,9?/m1/s1. The van der Waals surface area contributed by atoms with Crippen molar-refractivity contribution in [2.45, 2.75) is 39.2 Å². The van der Waals surface area contributed by atoms with Crippen molar-refractivity contribution in [2.75, 3.05) is 13.6 Å². The maximum Gasteiger partial charge on any atom is 0.00671 e. The van der Waals surface area contributed by atoms with Gasteiger partial charge in [0, 0.05) is 12.6 Å². The predicted octanol–water partition coefficient (Wildman–Crippen LogP) is 2.13. The zero-order valence-corrected chi connectivity index (χ0v) is 7.43. The van der Waals surface area contributed by atoms with Gasteiger partial charge in [-0.05, 0) is 32.7 Å². The van der Waals surface area contributed by atoms with Gasteiger partial charge in [-0.2, -0.15) is 0 Å². The Balaban J connectivity index is 2.27. The van der Waals surface area contributed by atoms with E-state index in [1.54, 1.807) is 0 Å². The van der Waals surface area contributed by atoms with E-state index in [9.17, 15) is 0 Å². The molecule has 0 saturated carbocycles. The molecule has 0 spiro atoms. The molecule has 0 aromatic rings. The van der Waals surface area contributed by atoms with Crippen molar-refractivity contribution in [3.05, 3.63) is 0 Å². The summed E-state index contributed by atoms with van der Waals surface area (Å²) in [6, 6.07) is 0.830. The molecule has 1 heterocycles. The summed E-state index contributed by atoms with van der Waals surface area (Å²) in [7, 11) is 2.24. The second-order valence-corrected chi connectivity index (χ2v) is 3.68. The van der Waals surface area contributed by atoms with Crippen LogP contribution in [0, 0.1) is 5.92 Å². The molecular formula is C9H19N. The Labute approximate surface area is 64.4 Å². The summed E-state index contributed by atoms with van der Waals surface area (Å²) in [5.74, 6) is 0.991. The molecule has 1 heteroatoms. The van der Waals surface area contributed by atoms with Crippen molar-refractivity contribution < 1.29 is 0 Å². The van der Waals surface area contributed by atoms with Gasteiger partial charge in [-0.3, -0.25) is 0 Å². The molecule has 0 aromatic carbocycles. The van der Waals surface area contributed by atoms with Crippen LogP contribution in [0.1, 0.15) is 33.1 Å². The van der Waals surface area contributed by atoms with Crippen LogP contribution in [0.5, 0.6) is 0 Å². The third-order valence-electron chi connectivity index (χ3n) is 2.67. The molecule has 1 unspecified atom stereocenters. The van der Waals surface area contributed by atoms with Gasteiger partial charge in [0.25, 0.3) is 0 Å². The summed E-state index contributed by atoms with van der Waals surface area (Å²) in [5.41, 5.74) is 0. The second kappa shape index (κ2) is 3.38. The Hall–Kier alpha value is -0.0400. The Morgan fingerprint density at radius 2 is 2.20 bits per heavy atom. The molecular weight excluding hydrogens is 122 g/mol. The average molecular weight is 141 g/mol. The van der Waals surface area contributed by atoms with Gasteiger partial charge in [0.2, 0.25) is 0 Å². The van der Waals surface area contributed by atoms with Crippen LogP contribution in [-0.2, 0) is 0 Å². The van der Waals surface area contributed by atoms with E-state index in [-0.39, 0.29) is 0 Å². The summed E-state index contributed by atoms with van der Waals surface area (Å²) in [5, 5.41) is 0. The quantitative estimate of drug-likeness (QED) is 0.569. The third-order valence-corrected chi connectivity index (χ3v) is 2.67. The van der Waals surface area contributed by atoms with Gasteiger partial charge >= 0.3 is 0 Å². The van der Waals surface area contributed by atoms with Gasteiger partial charge in [-0.1, -0.05) is 13.3 Å². The van der Waals surface area contributed by atoms with Crippen molar-refractivity contribution in [1.82, 2.24) is 4.90 Å². The first-order valence-electron chi connectivity index (χ1n) is 4.44. The molecule has 60 valence electrons. The highest BCUT2D eigenvalue weighted by molar-refractivity contribution is 4.79. The fourth-order valence-electron chi connectivity index (χ4n) is 1.94. The lowest BCUT2D eigenvalue weighted by molar-refractivity contribution is 0.324. The smallest absolute Gasteiger partial charge is 0.00671 e. The van der Waals surface area contributed by atoms with Gasteiger partial charge in [0.1, 0.15) is 0 Å². The SMILES string of the molecule is CCCC1C[C@@H](C)N(C)C1. The molecule has 1 saturated heterocycles. The van der Waals surface area contributed by atoms with Crippen LogP contribution in [0.25, 0.3) is 0 Å². The minimum Gasteiger partial charge on any atom is -0.303 e.